The van der Waals surface area contributed by atoms with E-state index in [1.54, 1.807) is 54.6 Å². The van der Waals surface area contributed by atoms with E-state index in [0.717, 1.165) is 16.9 Å². The predicted octanol–water partition coefficient (Wildman–Crippen LogP) is 1.80. The molecule has 0 aliphatic rings. The van der Waals surface area contributed by atoms with Gasteiger partial charge in [0.2, 0.25) is 0 Å². The molecular formula is C20H10N4OS. The van der Waals surface area contributed by atoms with E-state index in [0.29, 0.717) is 20.4 Å². The Morgan fingerprint density at radius 1 is 0.962 bits per heavy atom. The molecule has 1 aromatic heterocycles. The van der Waals surface area contributed by atoms with Crippen molar-refractivity contribution in [1.29, 1.82) is 15.8 Å². The van der Waals surface area contributed by atoms with Gasteiger partial charge < -0.3 is 0 Å². The molecule has 0 bridgehead atoms. The van der Waals surface area contributed by atoms with Crippen molar-refractivity contribution >= 4 is 23.0 Å². The Labute approximate surface area is 152 Å². The number of benzene rings is 2. The van der Waals surface area contributed by atoms with Crippen LogP contribution in [0.4, 0.5) is 0 Å². The zero-order valence-electron chi connectivity index (χ0n) is 13.4. The van der Waals surface area contributed by atoms with Crippen LogP contribution >= 0.6 is 11.3 Å². The first-order valence-corrected chi connectivity index (χ1v) is 8.33. The third-order valence-corrected chi connectivity index (χ3v) is 4.71. The topological polar surface area (TPSA) is 93.4 Å². The molecule has 6 heteroatoms. The molecule has 0 aliphatic carbocycles. The fourth-order valence-electron chi connectivity index (χ4n) is 2.39. The monoisotopic (exact) mass is 354 g/mol. The average molecular weight is 354 g/mol. The maximum Gasteiger partial charge on any atom is 0.273 e. The van der Waals surface area contributed by atoms with Crippen LogP contribution < -0.4 is 14.8 Å². The first kappa shape index (κ1) is 16.9. The molecule has 0 unspecified atom stereocenters. The van der Waals surface area contributed by atoms with Gasteiger partial charge in [-0.25, -0.2) is 0 Å². The Balaban J connectivity index is 2.34. The van der Waals surface area contributed by atoms with Gasteiger partial charge in [0.15, 0.2) is 5.57 Å². The van der Waals surface area contributed by atoms with E-state index in [1.807, 2.05) is 24.3 Å². The fraction of sp³-hybridized carbons (Fsp3) is 0. The van der Waals surface area contributed by atoms with E-state index in [4.69, 9.17) is 5.26 Å². The number of nitrogens with zero attached hydrogens (tertiary/aromatic N) is 4. The van der Waals surface area contributed by atoms with E-state index in [9.17, 15) is 15.3 Å². The maximum atomic E-state index is 12.9. The molecule has 3 rings (SSSR count). The van der Waals surface area contributed by atoms with Gasteiger partial charge in [-0.1, -0.05) is 30.3 Å². The van der Waals surface area contributed by atoms with Gasteiger partial charge in [-0.2, -0.15) is 15.8 Å². The van der Waals surface area contributed by atoms with Crippen molar-refractivity contribution in [3.63, 3.8) is 0 Å². The second kappa shape index (κ2) is 7.32. The number of rotatable bonds is 2. The van der Waals surface area contributed by atoms with Gasteiger partial charge in [-0.15, -0.1) is 11.3 Å². The predicted molar refractivity (Wildman–Crippen MR) is 98.5 cm³/mol. The number of para-hydroxylation sites is 1. The third-order valence-electron chi connectivity index (χ3n) is 3.61. The standard InChI is InChI=1S/C20H10N4OS/c21-11-15-8-6-14(7-9-15)10-18-19(25)24(17-4-2-1-3-5-17)20(26-18)16(12-22)13-23/h1-10H/b18-10-. The summed E-state index contributed by atoms with van der Waals surface area (Å²) < 4.78 is 2.07. The molecule has 0 saturated heterocycles. The van der Waals surface area contributed by atoms with Crippen LogP contribution in [-0.4, -0.2) is 4.57 Å². The highest BCUT2D eigenvalue weighted by Crippen LogP contribution is 2.05. The molecule has 26 heavy (non-hydrogen) atoms. The Kier molecular flexibility index (Phi) is 4.76. The van der Waals surface area contributed by atoms with Crippen LogP contribution in [0, 0.1) is 34.0 Å². The minimum absolute atomic E-state index is 0.115. The van der Waals surface area contributed by atoms with E-state index >= 15 is 0 Å². The van der Waals surface area contributed by atoms with Crippen molar-refractivity contribution in [2.24, 2.45) is 0 Å². The van der Waals surface area contributed by atoms with Gasteiger partial charge in [0.1, 0.15) is 16.8 Å². The molecule has 0 spiro atoms. The van der Waals surface area contributed by atoms with Crippen molar-refractivity contribution < 1.29 is 0 Å². The van der Waals surface area contributed by atoms with Crippen molar-refractivity contribution in [1.82, 2.24) is 4.57 Å². The molecule has 0 saturated carbocycles. The van der Waals surface area contributed by atoms with Gasteiger partial charge >= 0.3 is 0 Å². The molecule has 122 valence electrons. The highest BCUT2D eigenvalue weighted by molar-refractivity contribution is 7.07. The average Bonchev–Trinajstić information content (AvgIpc) is 3.00. The van der Waals surface area contributed by atoms with Crippen LogP contribution in [0.3, 0.4) is 0 Å². The lowest BCUT2D eigenvalue weighted by Crippen LogP contribution is -2.30. The highest BCUT2D eigenvalue weighted by Gasteiger charge is 2.10. The zero-order chi connectivity index (χ0) is 18.5. The van der Waals surface area contributed by atoms with Gasteiger partial charge in [0, 0.05) is 0 Å². The van der Waals surface area contributed by atoms with E-state index in [-0.39, 0.29) is 11.1 Å². The second-order valence-electron chi connectivity index (χ2n) is 5.22. The van der Waals surface area contributed by atoms with Crippen molar-refractivity contribution in [3.05, 3.63) is 85.3 Å². The molecule has 3 aromatic rings. The normalized spacial score (nSPS) is 10.6. The van der Waals surface area contributed by atoms with Crippen LogP contribution in [0.1, 0.15) is 11.1 Å². The lowest BCUT2D eigenvalue weighted by Gasteiger charge is -2.00. The summed E-state index contributed by atoms with van der Waals surface area (Å²) in [6, 6.07) is 21.4. The highest BCUT2D eigenvalue weighted by atomic mass is 32.1. The van der Waals surface area contributed by atoms with Crippen molar-refractivity contribution in [2.75, 3.05) is 0 Å². The SMILES string of the molecule is N#CC(C#N)=c1s/c(=C\c2ccc(C#N)cc2)c(=O)n1-c1ccccc1. The van der Waals surface area contributed by atoms with Gasteiger partial charge in [-0.3, -0.25) is 9.36 Å². The second-order valence-corrected chi connectivity index (χ2v) is 6.25. The number of hydrogen-bond acceptors (Lipinski definition) is 5. The summed E-state index contributed by atoms with van der Waals surface area (Å²) in [6.07, 6.45) is 1.68. The largest absolute Gasteiger partial charge is 0.273 e. The summed E-state index contributed by atoms with van der Waals surface area (Å²) in [7, 11) is 0. The molecule has 0 aliphatic heterocycles. The lowest BCUT2D eigenvalue weighted by molar-refractivity contribution is 0.988. The van der Waals surface area contributed by atoms with E-state index in [2.05, 4.69) is 0 Å². The Bertz CT molecular complexity index is 1250. The first-order valence-electron chi connectivity index (χ1n) is 7.51. The fourth-order valence-corrected chi connectivity index (χ4v) is 3.44. The van der Waals surface area contributed by atoms with Crippen LogP contribution in [0.5, 0.6) is 0 Å². The molecule has 1 heterocycles. The molecule has 0 fully saturated rings. The van der Waals surface area contributed by atoms with Gasteiger partial charge in [0.05, 0.1) is 21.9 Å². The van der Waals surface area contributed by atoms with Crippen LogP contribution in [0.15, 0.2) is 59.4 Å². The van der Waals surface area contributed by atoms with E-state index < -0.39 is 0 Å². The zero-order valence-corrected chi connectivity index (χ0v) is 14.2. The smallest absolute Gasteiger partial charge is 0.267 e. The molecule has 0 radical (unpaired) electrons. The number of nitriles is 3. The van der Waals surface area contributed by atoms with E-state index in [1.165, 1.54) is 4.57 Å². The Morgan fingerprint density at radius 3 is 2.19 bits per heavy atom. The van der Waals surface area contributed by atoms with Crippen LogP contribution in [0.25, 0.3) is 17.3 Å². The summed E-state index contributed by atoms with van der Waals surface area (Å²) in [5.74, 6) is 0. The summed E-state index contributed by atoms with van der Waals surface area (Å²) in [5.41, 5.74) is 1.45. The summed E-state index contributed by atoms with van der Waals surface area (Å²) >= 11 is 1.09. The summed E-state index contributed by atoms with van der Waals surface area (Å²) in [4.78, 5) is 12.9. The van der Waals surface area contributed by atoms with Gasteiger partial charge in [0.25, 0.3) is 5.56 Å². The molecule has 0 N–H and O–H groups in total. The number of hydrogen-bond donors (Lipinski definition) is 0. The molecule has 2 aromatic carbocycles. The number of thiazole rings is 1. The van der Waals surface area contributed by atoms with Crippen LogP contribution in [-0.2, 0) is 0 Å². The Hall–Kier alpha value is -3.92. The molecule has 0 amide bonds. The minimum Gasteiger partial charge on any atom is -0.267 e. The third kappa shape index (κ3) is 3.16. The van der Waals surface area contributed by atoms with Crippen LogP contribution in [0.2, 0.25) is 0 Å². The van der Waals surface area contributed by atoms with Gasteiger partial charge in [-0.05, 0) is 35.9 Å². The molecular weight excluding hydrogens is 344 g/mol. The van der Waals surface area contributed by atoms with Crippen molar-refractivity contribution in [2.45, 2.75) is 0 Å². The summed E-state index contributed by atoms with van der Waals surface area (Å²) in [5, 5.41) is 27.3. The Morgan fingerprint density at radius 2 is 1.62 bits per heavy atom. The minimum atomic E-state index is -0.302. The van der Waals surface area contributed by atoms with Crippen molar-refractivity contribution in [3.8, 4) is 23.9 Å². The molecule has 0 atom stereocenters. The first-order chi connectivity index (χ1) is 12.7. The lowest BCUT2D eigenvalue weighted by atomic mass is 10.1. The number of aromatic nitrogens is 1. The summed E-state index contributed by atoms with van der Waals surface area (Å²) in [6.45, 7) is 0. The quantitative estimate of drug-likeness (QED) is 0.701. The molecule has 5 nitrogen and oxygen atoms in total. The maximum absolute atomic E-state index is 12.9.